The lowest BCUT2D eigenvalue weighted by molar-refractivity contribution is 0.0146. The van der Waals surface area contributed by atoms with Gasteiger partial charge in [-0.05, 0) is 81.8 Å². The largest absolute Gasteiger partial charge is 0.389 e. The molecule has 0 saturated carbocycles. The fourth-order valence-corrected chi connectivity index (χ4v) is 10.9. The summed E-state index contributed by atoms with van der Waals surface area (Å²) in [7, 11) is 0. The van der Waals surface area contributed by atoms with Gasteiger partial charge in [-0.2, -0.15) is 0 Å². The Balaban J connectivity index is 1.37. The number of piperidine rings is 1. The number of aryl methyl sites for hydroxylation is 1. The maximum Gasteiger partial charge on any atom is 0.156 e. The number of halogens is 1. The van der Waals surface area contributed by atoms with E-state index in [1.165, 1.54) is 173 Å². The molecule has 5 rings (SSSR count). The highest BCUT2D eigenvalue weighted by Crippen LogP contribution is 2.41. The smallest absolute Gasteiger partial charge is 0.156 e. The minimum absolute atomic E-state index is 0.131. The lowest BCUT2D eigenvalue weighted by atomic mass is 9.81. The van der Waals surface area contributed by atoms with Gasteiger partial charge in [0.05, 0.1) is 17.3 Å². The van der Waals surface area contributed by atoms with Crippen LogP contribution in [0.25, 0.3) is 11.1 Å². The number of rotatable bonds is 7. The highest BCUT2D eigenvalue weighted by molar-refractivity contribution is 5.85. The van der Waals surface area contributed by atoms with Gasteiger partial charge in [-0.3, -0.25) is 4.90 Å². The minimum Gasteiger partial charge on any atom is -0.389 e. The van der Waals surface area contributed by atoms with E-state index in [-0.39, 0.29) is 11.4 Å². The normalized spacial score (nSPS) is 22.0. The number of β-amino-alcohol motifs (C(OH)–C–C–N with tert-alkyl or cyclic N) is 1. The number of benzene rings is 2. The first-order valence-electron chi connectivity index (χ1n) is 26.5. The Labute approximate surface area is 385 Å². The molecule has 0 bridgehead atoms. The number of nitrogens with one attached hydrogen (secondary N) is 1. The van der Waals surface area contributed by atoms with Gasteiger partial charge in [-0.1, -0.05) is 198 Å². The molecule has 0 amide bonds. The quantitative estimate of drug-likeness (QED) is 0.247. The summed E-state index contributed by atoms with van der Waals surface area (Å²) in [5, 5.41) is 14.9. The zero-order valence-electron chi connectivity index (χ0n) is 40.6. The molecule has 1 unspecified atom stereocenters. The molecular formula is C56H90FN5O. The second-order valence-electron chi connectivity index (χ2n) is 20.4. The van der Waals surface area contributed by atoms with Crippen LogP contribution in [0.2, 0.25) is 0 Å². The highest BCUT2D eigenvalue weighted by atomic mass is 19.1. The Hall–Kier alpha value is -3.03. The summed E-state index contributed by atoms with van der Waals surface area (Å²) in [4.78, 5) is 15.0. The standard InChI is InChI=1S/C56H90FN5O/c1-4-48-35-30-31-36-50(48)51-43-49(57)37-38-52(51)60-53-44-58-47-59-54(53)62-42-33-29-27-25-23-21-19-17-15-13-11-9-7-5-6-8-10-12-14-16-18-20-22-24-26-28-32-39-56(62)40-34-41-61(46-56)45-55(2,3)63/h30-31,35-38,43-44,47,60,63H,4-29,32-34,39-42,45-46H2,1-3H3. The summed E-state index contributed by atoms with van der Waals surface area (Å²) in [6, 6.07) is 13.5. The van der Waals surface area contributed by atoms with Gasteiger partial charge in [-0.25, -0.2) is 14.4 Å². The number of likely N-dealkylation sites (tertiary alicyclic amines) is 1. The molecule has 3 heterocycles. The molecule has 1 atom stereocenters. The van der Waals surface area contributed by atoms with E-state index in [2.05, 4.69) is 45.2 Å². The molecule has 2 aliphatic heterocycles. The van der Waals surface area contributed by atoms with Gasteiger partial charge in [-0.15, -0.1) is 0 Å². The predicted octanol–water partition coefficient (Wildman–Crippen LogP) is 15.9. The third-order valence-electron chi connectivity index (χ3n) is 14.2. The van der Waals surface area contributed by atoms with Crippen molar-refractivity contribution in [2.24, 2.45) is 0 Å². The molecule has 1 spiro atoms. The third-order valence-corrected chi connectivity index (χ3v) is 14.2. The van der Waals surface area contributed by atoms with Gasteiger partial charge in [0, 0.05) is 30.9 Å². The second kappa shape index (κ2) is 28.8. The highest BCUT2D eigenvalue weighted by Gasteiger charge is 2.42. The van der Waals surface area contributed by atoms with Crippen molar-refractivity contribution in [3.8, 4) is 11.1 Å². The fourth-order valence-electron chi connectivity index (χ4n) is 10.9. The fraction of sp³-hybridized carbons (Fsp3) is 0.714. The first-order valence-corrected chi connectivity index (χ1v) is 26.5. The molecule has 0 aliphatic carbocycles. The number of aliphatic hydroxyl groups is 1. The zero-order valence-corrected chi connectivity index (χ0v) is 40.6. The van der Waals surface area contributed by atoms with E-state index in [4.69, 9.17) is 4.98 Å². The Kier molecular flexibility index (Phi) is 23.3. The predicted molar refractivity (Wildman–Crippen MR) is 268 cm³/mol. The van der Waals surface area contributed by atoms with Crippen LogP contribution in [0, 0.1) is 5.82 Å². The van der Waals surface area contributed by atoms with E-state index in [1.54, 1.807) is 18.5 Å². The van der Waals surface area contributed by atoms with Gasteiger partial charge in [0.15, 0.2) is 5.82 Å². The van der Waals surface area contributed by atoms with Crippen LogP contribution in [-0.4, -0.2) is 57.3 Å². The summed E-state index contributed by atoms with van der Waals surface area (Å²) in [6.07, 6.45) is 44.7. The Morgan fingerprint density at radius 1 is 0.619 bits per heavy atom. The summed E-state index contributed by atoms with van der Waals surface area (Å²) >= 11 is 0. The van der Waals surface area contributed by atoms with E-state index in [9.17, 15) is 5.11 Å². The molecule has 352 valence electrons. The first-order chi connectivity index (χ1) is 30.8. The van der Waals surface area contributed by atoms with E-state index in [0.717, 1.165) is 80.1 Å². The van der Waals surface area contributed by atoms with Crippen molar-refractivity contribution in [2.45, 2.75) is 231 Å². The SMILES string of the molecule is CCc1ccccc1-c1cc(F)ccc1Nc1cncnc1N1CCCCCCCCCCCCCCCCCCCCCCCCCCCCCC12CCCN(CC(C)(C)O)C2. The second-order valence-corrected chi connectivity index (χ2v) is 20.4. The third kappa shape index (κ3) is 18.4. The van der Waals surface area contributed by atoms with Gasteiger partial charge in [0.2, 0.25) is 0 Å². The van der Waals surface area contributed by atoms with Crippen LogP contribution >= 0.6 is 0 Å². The van der Waals surface area contributed by atoms with Gasteiger partial charge in [0.25, 0.3) is 0 Å². The molecule has 1 aromatic heterocycles. The van der Waals surface area contributed by atoms with Crippen molar-refractivity contribution in [2.75, 3.05) is 36.4 Å². The minimum atomic E-state index is -0.767. The number of hydrogen-bond acceptors (Lipinski definition) is 6. The van der Waals surface area contributed by atoms with Crippen LogP contribution in [0.1, 0.15) is 219 Å². The van der Waals surface area contributed by atoms with E-state index < -0.39 is 5.60 Å². The molecule has 2 aliphatic rings. The van der Waals surface area contributed by atoms with Crippen LogP contribution in [0.5, 0.6) is 0 Å². The molecule has 63 heavy (non-hydrogen) atoms. The average Bonchev–Trinajstić information content (AvgIpc) is 3.27. The maximum absolute atomic E-state index is 15.0. The molecule has 3 aromatic rings. The molecule has 2 saturated heterocycles. The van der Waals surface area contributed by atoms with Crippen LogP contribution in [0.4, 0.5) is 21.6 Å². The van der Waals surface area contributed by atoms with Crippen molar-refractivity contribution in [3.63, 3.8) is 0 Å². The summed E-state index contributed by atoms with van der Waals surface area (Å²) in [5.41, 5.74) is 3.92. The number of nitrogens with zero attached hydrogens (tertiary/aromatic N) is 4. The van der Waals surface area contributed by atoms with Crippen LogP contribution in [0.3, 0.4) is 0 Å². The molecule has 7 heteroatoms. The maximum atomic E-state index is 15.0. The Morgan fingerprint density at radius 2 is 1.13 bits per heavy atom. The Bertz CT molecular complexity index is 1680. The van der Waals surface area contributed by atoms with Crippen LogP contribution < -0.4 is 10.2 Å². The molecule has 2 fully saturated rings. The first kappa shape index (κ1) is 51.0. The van der Waals surface area contributed by atoms with Crippen LogP contribution in [-0.2, 0) is 6.42 Å². The molecule has 0 radical (unpaired) electrons. The molecular weight excluding hydrogens is 778 g/mol. The zero-order chi connectivity index (χ0) is 44.4. The van der Waals surface area contributed by atoms with Gasteiger partial charge < -0.3 is 15.3 Å². The van der Waals surface area contributed by atoms with E-state index in [1.807, 2.05) is 32.2 Å². The van der Waals surface area contributed by atoms with Crippen molar-refractivity contribution < 1.29 is 9.50 Å². The van der Waals surface area contributed by atoms with Gasteiger partial charge in [0.1, 0.15) is 17.8 Å². The van der Waals surface area contributed by atoms with E-state index in [0.29, 0.717) is 6.54 Å². The van der Waals surface area contributed by atoms with Gasteiger partial charge >= 0.3 is 0 Å². The topological polar surface area (TPSA) is 64.5 Å². The molecule has 6 nitrogen and oxygen atoms in total. The number of hydrogen-bond donors (Lipinski definition) is 2. The Morgan fingerprint density at radius 3 is 1.67 bits per heavy atom. The number of anilines is 3. The summed E-state index contributed by atoms with van der Waals surface area (Å²) < 4.78 is 15.0. The van der Waals surface area contributed by atoms with Crippen molar-refractivity contribution in [1.29, 1.82) is 0 Å². The van der Waals surface area contributed by atoms with Crippen molar-refractivity contribution in [1.82, 2.24) is 14.9 Å². The monoisotopic (exact) mass is 868 g/mol. The lowest BCUT2D eigenvalue weighted by Crippen LogP contribution is -2.61. The summed E-state index contributed by atoms with van der Waals surface area (Å²) in [6.45, 7) is 9.56. The molecule has 2 N–H and O–H groups in total. The van der Waals surface area contributed by atoms with Crippen molar-refractivity contribution in [3.05, 3.63) is 66.4 Å². The van der Waals surface area contributed by atoms with E-state index >= 15 is 4.39 Å². The average molecular weight is 868 g/mol. The molecule has 2 aromatic carbocycles. The lowest BCUT2D eigenvalue weighted by Gasteiger charge is -2.51. The van der Waals surface area contributed by atoms with Crippen molar-refractivity contribution >= 4 is 17.2 Å². The number of aromatic nitrogens is 2. The van der Waals surface area contributed by atoms with Crippen LogP contribution in [0.15, 0.2) is 55.0 Å². The summed E-state index contributed by atoms with van der Waals surface area (Å²) in [5.74, 6) is 0.698.